The van der Waals surface area contributed by atoms with E-state index in [4.69, 9.17) is 11.6 Å². The Kier molecular flexibility index (Phi) is 3.17. The Morgan fingerprint density at radius 1 is 1.47 bits per heavy atom. The number of benzene rings is 1. The van der Waals surface area contributed by atoms with E-state index in [0.29, 0.717) is 11.3 Å². The van der Waals surface area contributed by atoms with Crippen molar-refractivity contribution in [1.29, 1.82) is 0 Å². The van der Waals surface area contributed by atoms with E-state index in [1.807, 2.05) is 6.92 Å². The van der Waals surface area contributed by atoms with E-state index in [0.717, 1.165) is 5.56 Å². The van der Waals surface area contributed by atoms with Crippen LogP contribution in [0.25, 0.3) is 0 Å². The molecule has 0 spiro atoms. The highest BCUT2D eigenvalue weighted by molar-refractivity contribution is 6.30. The average molecular weight is 255 g/mol. The molecule has 0 aliphatic carbocycles. The van der Waals surface area contributed by atoms with Gasteiger partial charge in [0.1, 0.15) is 11.9 Å². The standard InChI is InChI=1S/C12H12ClFN2O/c1-7-6-15-16(2)11(7)12(17)8-3-4-9(13)10(14)5-8/h3-6,12,17H,1-2H3. The van der Waals surface area contributed by atoms with Gasteiger partial charge in [0.25, 0.3) is 0 Å². The fourth-order valence-corrected chi connectivity index (χ4v) is 1.91. The predicted molar refractivity (Wildman–Crippen MR) is 63.4 cm³/mol. The molecule has 1 aromatic carbocycles. The van der Waals surface area contributed by atoms with Crippen LogP contribution in [0.15, 0.2) is 24.4 Å². The summed E-state index contributed by atoms with van der Waals surface area (Å²) in [4.78, 5) is 0. The molecule has 0 fully saturated rings. The van der Waals surface area contributed by atoms with Gasteiger partial charge >= 0.3 is 0 Å². The monoisotopic (exact) mass is 254 g/mol. The van der Waals surface area contributed by atoms with Crippen LogP contribution >= 0.6 is 11.6 Å². The van der Waals surface area contributed by atoms with Crippen molar-refractivity contribution >= 4 is 11.6 Å². The van der Waals surface area contributed by atoms with E-state index in [2.05, 4.69) is 5.10 Å². The highest BCUT2D eigenvalue weighted by Gasteiger charge is 2.18. The van der Waals surface area contributed by atoms with Crippen LogP contribution in [0.4, 0.5) is 4.39 Å². The molecule has 1 aromatic heterocycles. The van der Waals surface area contributed by atoms with Crippen LogP contribution in [-0.4, -0.2) is 14.9 Å². The second-order valence-corrected chi connectivity index (χ2v) is 4.32. The van der Waals surface area contributed by atoms with Crippen molar-refractivity contribution in [3.8, 4) is 0 Å². The van der Waals surface area contributed by atoms with Gasteiger partial charge in [0.2, 0.25) is 0 Å². The SMILES string of the molecule is Cc1cnn(C)c1C(O)c1ccc(Cl)c(F)c1. The predicted octanol–water partition coefficient (Wildman–Crippen LogP) is 2.60. The summed E-state index contributed by atoms with van der Waals surface area (Å²) in [5.74, 6) is -0.539. The third-order valence-corrected chi connectivity index (χ3v) is 3.00. The molecule has 17 heavy (non-hydrogen) atoms. The van der Waals surface area contributed by atoms with E-state index >= 15 is 0 Å². The summed E-state index contributed by atoms with van der Waals surface area (Å²) >= 11 is 5.60. The number of aryl methyl sites for hydroxylation is 2. The zero-order valence-corrected chi connectivity index (χ0v) is 10.2. The Balaban J connectivity index is 2.43. The molecular weight excluding hydrogens is 243 g/mol. The molecule has 2 aromatic rings. The fraction of sp³-hybridized carbons (Fsp3) is 0.250. The van der Waals surface area contributed by atoms with Gasteiger partial charge in [0, 0.05) is 7.05 Å². The van der Waals surface area contributed by atoms with Crippen LogP contribution < -0.4 is 0 Å². The molecule has 0 aliphatic rings. The maximum atomic E-state index is 13.3. The zero-order valence-electron chi connectivity index (χ0n) is 9.48. The smallest absolute Gasteiger partial charge is 0.142 e. The second-order valence-electron chi connectivity index (χ2n) is 3.91. The maximum absolute atomic E-state index is 13.3. The first-order valence-corrected chi connectivity index (χ1v) is 5.50. The number of hydrogen-bond acceptors (Lipinski definition) is 2. The number of nitrogens with zero attached hydrogens (tertiary/aromatic N) is 2. The van der Waals surface area contributed by atoms with E-state index in [-0.39, 0.29) is 5.02 Å². The van der Waals surface area contributed by atoms with Crippen molar-refractivity contribution < 1.29 is 9.50 Å². The van der Waals surface area contributed by atoms with E-state index in [1.165, 1.54) is 12.1 Å². The molecule has 3 nitrogen and oxygen atoms in total. The lowest BCUT2D eigenvalue weighted by Crippen LogP contribution is -2.08. The van der Waals surface area contributed by atoms with Gasteiger partial charge in [-0.25, -0.2) is 4.39 Å². The van der Waals surface area contributed by atoms with E-state index in [9.17, 15) is 9.50 Å². The summed E-state index contributed by atoms with van der Waals surface area (Å²) < 4.78 is 14.9. The molecule has 1 heterocycles. The number of aromatic nitrogens is 2. The normalized spacial score (nSPS) is 12.8. The molecule has 0 saturated heterocycles. The zero-order chi connectivity index (χ0) is 12.6. The lowest BCUT2D eigenvalue weighted by Gasteiger charge is -2.13. The minimum atomic E-state index is -0.908. The largest absolute Gasteiger partial charge is 0.382 e. The Morgan fingerprint density at radius 3 is 2.71 bits per heavy atom. The number of halogens is 2. The third kappa shape index (κ3) is 2.18. The van der Waals surface area contributed by atoms with Gasteiger partial charge in [-0.1, -0.05) is 17.7 Å². The third-order valence-electron chi connectivity index (χ3n) is 2.70. The second kappa shape index (κ2) is 4.47. The van der Waals surface area contributed by atoms with Gasteiger partial charge < -0.3 is 5.11 Å². The van der Waals surface area contributed by atoms with Gasteiger partial charge in [0.05, 0.1) is 16.9 Å². The van der Waals surface area contributed by atoms with Crippen molar-refractivity contribution in [3.63, 3.8) is 0 Å². The first-order chi connectivity index (χ1) is 8.00. The van der Waals surface area contributed by atoms with Crippen molar-refractivity contribution in [2.75, 3.05) is 0 Å². The summed E-state index contributed by atoms with van der Waals surface area (Å²) in [7, 11) is 1.73. The number of rotatable bonds is 2. The summed E-state index contributed by atoms with van der Waals surface area (Å²) in [6.07, 6.45) is 0.749. The molecule has 1 atom stereocenters. The van der Waals surface area contributed by atoms with Crippen molar-refractivity contribution in [2.45, 2.75) is 13.0 Å². The van der Waals surface area contributed by atoms with Crippen LogP contribution in [-0.2, 0) is 7.05 Å². The van der Waals surface area contributed by atoms with Crippen LogP contribution in [0.5, 0.6) is 0 Å². The van der Waals surface area contributed by atoms with Gasteiger partial charge in [-0.2, -0.15) is 5.10 Å². The summed E-state index contributed by atoms with van der Waals surface area (Å²) in [5, 5.41) is 14.3. The first-order valence-electron chi connectivity index (χ1n) is 5.12. The lowest BCUT2D eigenvalue weighted by molar-refractivity contribution is 0.208. The van der Waals surface area contributed by atoms with Crippen LogP contribution in [0.2, 0.25) is 5.02 Å². The highest BCUT2D eigenvalue weighted by Crippen LogP contribution is 2.26. The minimum Gasteiger partial charge on any atom is -0.382 e. The topological polar surface area (TPSA) is 38.0 Å². The molecule has 0 radical (unpaired) electrons. The van der Waals surface area contributed by atoms with Crippen LogP contribution in [0.3, 0.4) is 0 Å². The molecule has 1 N–H and O–H groups in total. The van der Waals surface area contributed by atoms with Gasteiger partial charge in [-0.05, 0) is 30.2 Å². The maximum Gasteiger partial charge on any atom is 0.142 e. The van der Waals surface area contributed by atoms with Gasteiger partial charge in [0.15, 0.2) is 0 Å². The summed E-state index contributed by atoms with van der Waals surface area (Å²) in [5.41, 5.74) is 1.96. The number of aliphatic hydroxyl groups is 1. The van der Waals surface area contributed by atoms with Crippen molar-refractivity contribution in [2.24, 2.45) is 7.05 Å². The van der Waals surface area contributed by atoms with E-state index in [1.54, 1.807) is 24.0 Å². The Bertz CT molecular complexity index is 534. The molecule has 5 heteroatoms. The first kappa shape index (κ1) is 12.1. The molecule has 1 unspecified atom stereocenters. The minimum absolute atomic E-state index is 0.0441. The fourth-order valence-electron chi connectivity index (χ4n) is 1.79. The van der Waals surface area contributed by atoms with Gasteiger partial charge in [-0.3, -0.25) is 4.68 Å². The van der Waals surface area contributed by atoms with E-state index < -0.39 is 11.9 Å². The summed E-state index contributed by atoms with van der Waals surface area (Å²) in [6, 6.07) is 4.27. The molecular formula is C12H12ClFN2O. The average Bonchev–Trinajstić information content (AvgIpc) is 2.62. The van der Waals surface area contributed by atoms with Gasteiger partial charge in [-0.15, -0.1) is 0 Å². The molecule has 0 aliphatic heterocycles. The quantitative estimate of drug-likeness (QED) is 0.895. The van der Waals surface area contributed by atoms with Crippen LogP contribution in [0.1, 0.15) is 22.9 Å². The Hall–Kier alpha value is -1.39. The lowest BCUT2D eigenvalue weighted by atomic mass is 10.0. The highest BCUT2D eigenvalue weighted by atomic mass is 35.5. The molecule has 0 amide bonds. The van der Waals surface area contributed by atoms with Crippen LogP contribution in [0, 0.1) is 12.7 Å². The molecule has 0 bridgehead atoms. The summed E-state index contributed by atoms with van der Waals surface area (Å²) in [6.45, 7) is 1.85. The molecule has 90 valence electrons. The van der Waals surface area contributed by atoms with Crippen molar-refractivity contribution in [3.05, 3.63) is 52.1 Å². The molecule has 2 rings (SSSR count). The molecule has 0 saturated carbocycles. The van der Waals surface area contributed by atoms with Crippen molar-refractivity contribution in [1.82, 2.24) is 9.78 Å². The number of aliphatic hydroxyl groups excluding tert-OH is 1. The Morgan fingerprint density at radius 2 is 2.18 bits per heavy atom. The number of hydrogen-bond donors (Lipinski definition) is 1. The Labute approximate surface area is 103 Å².